The van der Waals surface area contributed by atoms with Crippen LogP contribution in [0, 0.1) is 11.8 Å². The van der Waals surface area contributed by atoms with Crippen molar-refractivity contribution in [3.63, 3.8) is 0 Å². The van der Waals surface area contributed by atoms with E-state index in [1.807, 2.05) is 0 Å². The maximum Gasteiger partial charge on any atom is 0.0172 e. The largest absolute Gasteiger partial charge is 0.330 e. The Balaban J connectivity index is 2.19. The fourth-order valence-electron chi connectivity index (χ4n) is 2.83. The van der Waals surface area contributed by atoms with E-state index in [1.165, 1.54) is 51.1 Å². The van der Waals surface area contributed by atoms with E-state index in [9.17, 15) is 0 Å². The molecule has 1 saturated heterocycles. The van der Waals surface area contributed by atoms with E-state index in [4.69, 9.17) is 5.73 Å². The fraction of sp³-hybridized carbons (Fsp3) is 1.00. The lowest BCUT2D eigenvalue weighted by molar-refractivity contribution is 0.252. The van der Waals surface area contributed by atoms with Crippen LogP contribution in [-0.4, -0.2) is 42.1 Å². The first-order chi connectivity index (χ1) is 8.67. The van der Waals surface area contributed by atoms with Crippen molar-refractivity contribution in [1.29, 1.82) is 0 Å². The highest BCUT2D eigenvalue weighted by molar-refractivity contribution is 8.00. The number of nitrogens with two attached hydrogens (primary N) is 1. The molecule has 0 amide bonds. The van der Waals surface area contributed by atoms with Gasteiger partial charge >= 0.3 is 0 Å². The molecule has 0 aromatic carbocycles. The molecule has 0 radical (unpaired) electrons. The Morgan fingerprint density at radius 3 is 2.72 bits per heavy atom. The van der Waals surface area contributed by atoms with Gasteiger partial charge in [0.05, 0.1) is 0 Å². The molecule has 1 aliphatic heterocycles. The molecule has 2 nitrogen and oxygen atoms in total. The highest BCUT2D eigenvalue weighted by atomic mass is 32.2. The molecule has 2 atom stereocenters. The minimum absolute atomic E-state index is 0.786. The van der Waals surface area contributed by atoms with Gasteiger partial charge in [-0.05, 0) is 50.6 Å². The Labute approximate surface area is 118 Å². The number of rotatable bonds is 8. The summed E-state index contributed by atoms with van der Waals surface area (Å²) < 4.78 is 0. The molecule has 0 aromatic heterocycles. The quantitative estimate of drug-likeness (QED) is 0.735. The molecule has 1 heterocycles. The van der Waals surface area contributed by atoms with Gasteiger partial charge in [0.25, 0.3) is 0 Å². The predicted molar refractivity (Wildman–Crippen MR) is 84.2 cm³/mol. The second-order valence-corrected chi connectivity index (χ2v) is 7.33. The fourth-order valence-corrected chi connectivity index (χ4v) is 4.08. The summed E-state index contributed by atoms with van der Waals surface area (Å²) in [7, 11) is 0. The third kappa shape index (κ3) is 5.94. The van der Waals surface area contributed by atoms with E-state index in [0.717, 1.165) is 23.6 Å². The first-order valence-corrected chi connectivity index (χ1v) is 8.76. The first-order valence-electron chi connectivity index (χ1n) is 7.71. The van der Waals surface area contributed by atoms with E-state index in [2.05, 4.69) is 37.4 Å². The van der Waals surface area contributed by atoms with Crippen LogP contribution in [0.25, 0.3) is 0 Å². The van der Waals surface area contributed by atoms with Gasteiger partial charge in [-0.2, -0.15) is 11.8 Å². The van der Waals surface area contributed by atoms with Crippen LogP contribution in [0.4, 0.5) is 0 Å². The molecule has 3 heteroatoms. The van der Waals surface area contributed by atoms with Gasteiger partial charge in [0.1, 0.15) is 0 Å². The number of thioether (sulfide) groups is 1. The molecule has 1 rings (SSSR count). The summed E-state index contributed by atoms with van der Waals surface area (Å²) in [6.45, 7) is 11.7. The molecular weight excluding hydrogens is 240 g/mol. The standard InChI is InChI=1S/C15H32N2S/c1-4-15-12-17(10-11-18-15)9-5-6-14(7-8-16)13(2)3/h13-15H,4-12,16H2,1-3H3. The predicted octanol–water partition coefficient (Wildman–Crippen LogP) is 3.22. The van der Waals surface area contributed by atoms with Gasteiger partial charge in [-0.25, -0.2) is 0 Å². The molecule has 18 heavy (non-hydrogen) atoms. The summed E-state index contributed by atoms with van der Waals surface area (Å²) in [5, 5.41) is 0.878. The molecule has 2 N–H and O–H groups in total. The highest BCUT2D eigenvalue weighted by Crippen LogP contribution is 2.23. The minimum Gasteiger partial charge on any atom is -0.330 e. The molecule has 0 saturated carbocycles. The van der Waals surface area contributed by atoms with E-state index in [-0.39, 0.29) is 0 Å². The van der Waals surface area contributed by atoms with Crippen LogP contribution < -0.4 is 5.73 Å². The third-order valence-corrected chi connectivity index (χ3v) is 5.58. The molecule has 1 aliphatic rings. The lowest BCUT2D eigenvalue weighted by atomic mass is 9.88. The van der Waals surface area contributed by atoms with Crippen LogP contribution in [-0.2, 0) is 0 Å². The van der Waals surface area contributed by atoms with Crippen LogP contribution in [0.2, 0.25) is 0 Å². The van der Waals surface area contributed by atoms with Crippen molar-refractivity contribution >= 4 is 11.8 Å². The lowest BCUT2D eigenvalue weighted by Gasteiger charge is -2.32. The molecule has 0 aliphatic carbocycles. The molecule has 0 bridgehead atoms. The van der Waals surface area contributed by atoms with E-state index < -0.39 is 0 Å². The summed E-state index contributed by atoms with van der Waals surface area (Å²) >= 11 is 2.16. The summed E-state index contributed by atoms with van der Waals surface area (Å²) in [5.74, 6) is 2.94. The number of nitrogens with zero attached hydrogens (tertiary/aromatic N) is 1. The van der Waals surface area contributed by atoms with Crippen LogP contribution in [0.15, 0.2) is 0 Å². The van der Waals surface area contributed by atoms with Gasteiger partial charge in [-0.3, -0.25) is 0 Å². The zero-order valence-electron chi connectivity index (χ0n) is 12.5. The van der Waals surface area contributed by atoms with Crippen molar-refractivity contribution in [2.45, 2.75) is 51.7 Å². The maximum atomic E-state index is 5.70. The molecule has 0 spiro atoms. The Morgan fingerprint density at radius 1 is 1.33 bits per heavy atom. The van der Waals surface area contributed by atoms with Crippen molar-refractivity contribution < 1.29 is 0 Å². The third-order valence-electron chi connectivity index (χ3n) is 4.21. The van der Waals surface area contributed by atoms with Gasteiger partial charge in [0.15, 0.2) is 0 Å². The monoisotopic (exact) mass is 272 g/mol. The van der Waals surface area contributed by atoms with Gasteiger partial charge in [0, 0.05) is 24.1 Å². The van der Waals surface area contributed by atoms with E-state index >= 15 is 0 Å². The van der Waals surface area contributed by atoms with Crippen molar-refractivity contribution in [3.05, 3.63) is 0 Å². The van der Waals surface area contributed by atoms with Crippen molar-refractivity contribution in [2.24, 2.45) is 17.6 Å². The maximum absolute atomic E-state index is 5.70. The number of hydrogen-bond donors (Lipinski definition) is 1. The zero-order chi connectivity index (χ0) is 13.4. The van der Waals surface area contributed by atoms with Crippen LogP contribution in [0.1, 0.15) is 46.5 Å². The first kappa shape index (κ1) is 16.3. The lowest BCUT2D eigenvalue weighted by Crippen LogP contribution is -2.38. The van der Waals surface area contributed by atoms with E-state index in [0.29, 0.717) is 0 Å². The van der Waals surface area contributed by atoms with Gasteiger partial charge in [-0.1, -0.05) is 20.8 Å². The van der Waals surface area contributed by atoms with Crippen molar-refractivity contribution in [1.82, 2.24) is 4.90 Å². The Kier molecular flexibility index (Phi) is 8.36. The summed E-state index contributed by atoms with van der Waals surface area (Å²) in [4.78, 5) is 2.67. The molecule has 1 fully saturated rings. The Bertz CT molecular complexity index is 209. The van der Waals surface area contributed by atoms with Crippen molar-refractivity contribution in [3.8, 4) is 0 Å². The topological polar surface area (TPSA) is 29.3 Å². The van der Waals surface area contributed by atoms with Gasteiger partial charge in [-0.15, -0.1) is 0 Å². The van der Waals surface area contributed by atoms with Crippen LogP contribution in [0.5, 0.6) is 0 Å². The smallest absolute Gasteiger partial charge is 0.0172 e. The zero-order valence-corrected chi connectivity index (χ0v) is 13.3. The minimum atomic E-state index is 0.786. The highest BCUT2D eigenvalue weighted by Gasteiger charge is 2.19. The Morgan fingerprint density at radius 2 is 2.11 bits per heavy atom. The molecule has 2 unspecified atom stereocenters. The average Bonchev–Trinajstić information content (AvgIpc) is 2.38. The van der Waals surface area contributed by atoms with Crippen LogP contribution >= 0.6 is 11.8 Å². The SMILES string of the molecule is CCC1CN(CCCC(CCN)C(C)C)CCS1. The Hall–Kier alpha value is 0.270. The molecular formula is C15H32N2S. The average molecular weight is 273 g/mol. The molecule has 108 valence electrons. The second kappa shape index (κ2) is 9.22. The van der Waals surface area contributed by atoms with E-state index in [1.54, 1.807) is 0 Å². The second-order valence-electron chi connectivity index (χ2n) is 5.93. The molecule has 0 aromatic rings. The normalized spacial score (nSPS) is 23.5. The summed E-state index contributed by atoms with van der Waals surface area (Å²) in [6, 6.07) is 0. The van der Waals surface area contributed by atoms with Crippen LogP contribution in [0.3, 0.4) is 0 Å². The van der Waals surface area contributed by atoms with Gasteiger partial charge < -0.3 is 10.6 Å². The summed E-state index contributed by atoms with van der Waals surface area (Å²) in [6.07, 6.45) is 5.23. The number of hydrogen-bond acceptors (Lipinski definition) is 3. The summed E-state index contributed by atoms with van der Waals surface area (Å²) in [5.41, 5.74) is 5.70. The van der Waals surface area contributed by atoms with Crippen molar-refractivity contribution in [2.75, 3.05) is 31.9 Å². The van der Waals surface area contributed by atoms with Gasteiger partial charge in [0.2, 0.25) is 0 Å².